The molecule has 0 saturated carbocycles. The molecule has 1 unspecified atom stereocenters. The highest BCUT2D eigenvalue weighted by molar-refractivity contribution is 7.89. The van der Waals surface area contributed by atoms with Crippen molar-refractivity contribution in [1.29, 1.82) is 0 Å². The number of nitrogens with one attached hydrogen (secondary N) is 1. The summed E-state index contributed by atoms with van der Waals surface area (Å²) >= 11 is 5.57. The second kappa shape index (κ2) is 5.58. The molecule has 1 heterocycles. The highest BCUT2D eigenvalue weighted by Crippen LogP contribution is 2.11. The third kappa shape index (κ3) is 3.71. The van der Waals surface area contributed by atoms with Crippen molar-refractivity contribution in [3.63, 3.8) is 0 Å². The van der Waals surface area contributed by atoms with Gasteiger partial charge in [-0.3, -0.25) is 0 Å². The van der Waals surface area contributed by atoms with Crippen LogP contribution in [0.2, 0.25) is 5.15 Å². The molecule has 5 nitrogen and oxygen atoms in total. The lowest BCUT2D eigenvalue weighted by molar-refractivity contribution is 0.180. The van der Waals surface area contributed by atoms with Gasteiger partial charge in [-0.2, -0.15) is 0 Å². The lowest BCUT2D eigenvalue weighted by Crippen LogP contribution is -2.35. The van der Waals surface area contributed by atoms with Crippen molar-refractivity contribution in [2.45, 2.75) is 17.9 Å². The van der Waals surface area contributed by atoms with Crippen LogP contribution >= 0.6 is 11.6 Å². The molecule has 0 aliphatic heterocycles. The monoisotopic (exact) mass is 264 g/mol. The van der Waals surface area contributed by atoms with Gasteiger partial charge in [0.05, 0.1) is 6.61 Å². The van der Waals surface area contributed by atoms with Gasteiger partial charge in [-0.1, -0.05) is 11.6 Å². The first-order chi connectivity index (χ1) is 7.45. The van der Waals surface area contributed by atoms with Crippen LogP contribution in [-0.4, -0.2) is 33.2 Å². The second-order valence-electron chi connectivity index (χ2n) is 3.29. The first-order valence-corrected chi connectivity index (χ1v) is 6.44. The van der Waals surface area contributed by atoms with Crippen LogP contribution in [0.3, 0.4) is 0 Å². The summed E-state index contributed by atoms with van der Waals surface area (Å²) in [6.45, 7) is 2.02. The maximum atomic E-state index is 11.8. The molecular weight excluding hydrogens is 252 g/mol. The Bertz CT molecular complexity index is 433. The van der Waals surface area contributed by atoms with E-state index < -0.39 is 10.0 Å². The molecule has 0 aromatic carbocycles. The summed E-state index contributed by atoms with van der Waals surface area (Å²) < 4.78 is 30.9. The molecule has 90 valence electrons. The van der Waals surface area contributed by atoms with Gasteiger partial charge in [0.2, 0.25) is 10.0 Å². The van der Waals surface area contributed by atoms with Crippen LogP contribution in [0, 0.1) is 0 Å². The predicted molar refractivity (Wildman–Crippen MR) is 60.9 cm³/mol. The zero-order valence-electron chi connectivity index (χ0n) is 8.97. The van der Waals surface area contributed by atoms with E-state index in [4.69, 9.17) is 16.3 Å². The second-order valence-corrected chi connectivity index (χ2v) is 5.40. The third-order valence-electron chi connectivity index (χ3n) is 1.78. The number of methoxy groups -OCH3 is 1. The fraction of sp³-hybridized carbons (Fsp3) is 0.444. The topological polar surface area (TPSA) is 68.3 Å². The van der Waals surface area contributed by atoms with Crippen molar-refractivity contribution in [3.05, 3.63) is 23.5 Å². The number of aromatic nitrogens is 1. The molecule has 16 heavy (non-hydrogen) atoms. The van der Waals surface area contributed by atoms with Crippen LogP contribution in [0.25, 0.3) is 0 Å². The van der Waals surface area contributed by atoms with E-state index in [1.165, 1.54) is 25.4 Å². The van der Waals surface area contributed by atoms with Gasteiger partial charge >= 0.3 is 0 Å². The molecule has 0 saturated heterocycles. The minimum absolute atomic E-state index is 0.0832. The Balaban J connectivity index is 2.82. The molecule has 0 aliphatic carbocycles. The molecule has 1 aromatic heterocycles. The van der Waals surface area contributed by atoms with Gasteiger partial charge < -0.3 is 4.74 Å². The SMILES string of the molecule is COCC(C)NS(=O)(=O)c1ccc(Cl)nc1. The minimum Gasteiger partial charge on any atom is -0.383 e. The smallest absolute Gasteiger partial charge is 0.242 e. The Kier molecular flexibility index (Phi) is 4.67. The van der Waals surface area contributed by atoms with Gasteiger partial charge in [-0.15, -0.1) is 0 Å². The Morgan fingerprint density at radius 3 is 2.75 bits per heavy atom. The third-order valence-corrected chi connectivity index (χ3v) is 3.58. The van der Waals surface area contributed by atoms with Gasteiger partial charge in [0.15, 0.2) is 0 Å². The van der Waals surface area contributed by atoms with Crippen LogP contribution in [-0.2, 0) is 14.8 Å². The summed E-state index contributed by atoms with van der Waals surface area (Å²) in [6.07, 6.45) is 1.21. The minimum atomic E-state index is -3.55. The standard InChI is InChI=1S/C9H13ClN2O3S/c1-7(6-15-2)12-16(13,14)8-3-4-9(10)11-5-8/h3-5,7,12H,6H2,1-2H3. The van der Waals surface area contributed by atoms with Gasteiger partial charge in [0, 0.05) is 19.3 Å². The van der Waals surface area contributed by atoms with E-state index in [1.54, 1.807) is 6.92 Å². The number of hydrogen-bond donors (Lipinski definition) is 1. The average molecular weight is 265 g/mol. The lowest BCUT2D eigenvalue weighted by atomic mass is 10.4. The molecule has 0 fully saturated rings. The van der Waals surface area contributed by atoms with Crippen LogP contribution in [0.4, 0.5) is 0 Å². The number of hydrogen-bond acceptors (Lipinski definition) is 4. The average Bonchev–Trinajstić information content (AvgIpc) is 2.17. The van der Waals surface area contributed by atoms with Crippen LogP contribution in [0.1, 0.15) is 6.92 Å². The summed E-state index contributed by atoms with van der Waals surface area (Å²) in [5.41, 5.74) is 0. The zero-order chi connectivity index (χ0) is 12.2. The lowest BCUT2D eigenvalue weighted by Gasteiger charge is -2.12. The van der Waals surface area contributed by atoms with Gasteiger partial charge in [0.25, 0.3) is 0 Å². The Morgan fingerprint density at radius 1 is 1.56 bits per heavy atom. The van der Waals surface area contributed by atoms with Gasteiger partial charge in [0.1, 0.15) is 10.0 Å². The van der Waals surface area contributed by atoms with E-state index in [1.807, 2.05) is 0 Å². The number of pyridine rings is 1. The van der Waals surface area contributed by atoms with E-state index >= 15 is 0 Å². The first-order valence-electron chi connectivity index (χ1n) is 4.58. The Morgan fingerprint density at radius 2 is 2.25 bits per heavy atom. The molecule has 7 heteroatoms. The predicted octanol–water partition coefficient (Wildman–Crippen LogP) is 1.05. The quantitative estimate of drug-likeness (QED) is 0.807. The fourth-order valence-corrected chi connectivity index (χ4v) is 2.42. The van der Waals surface area contributed by atoms with Crippen molar-refractivity contribution in [2.24, 2.45) is 0 Å². The van der Waals surface area contributed by atoms with Crippen molar-refractivity contribution in [1.82, 2.24) is 9.71 Å². The number of rotatable bonds is 5. The summed E-state index contributed by atoms with van der Waals surface area (Å²) in [5.74, 6) is 0. The number of ether oxygens (including phenoxy) is 1. The molecule has 1 aromatic rings. The molecule has 0 amide bonds. The molecule has 1 rings (SSSR count). The summed E-state index contributed by atoms with van der Waals surface area (Å²) in [7, 11) is -2.04. The van der Waals surface area contributed by atoms with Crippen molar-refractivity contribution in [3.8, 4) is 0 Å². The number of halogens is 1. The number of nitrogens with zero attached hydrogens (tertiary/aromatic N) is 1. The van der Waals surface area contributed by atoms with E-state index in [0.29, 0.717) is 6.61 Å². The van der Waals surface area contributed by atoms with E-state index in [9.17, 15) is 8.42 Å². The Labute approximate surface area is 99.8 Å². The zero-order valence-corrected chi connectivity index (χ0v) is 10.5. The van der Waals surface area contributed by atoms with E-state index in [0.717, 1.165) is 0 Å². The maximum absolute atomic E-state index is 11.8. The normalized spacial score (nSPS) is 13.7. The molecule has 0 bridgehead atoms. The fourth-order valence-electron chi connectivity index (χ4n) is 1.14. The van der Waals surface area contributed by atoms with Crippen LogP contribution in [0.5, 0.6) is 0 Å². The maximum Gasteiger partial charge on any atom is 0.242 e. The van der Waals surface area contributed by atoms with E-state index in [-0.39, 0.29) is 16.1 Å². The summed E-state index contributed by atoms with van der Waals surface area (Å²) in [5, 5.41) is 0.254. The van der Waals surface area contributed by atoms with Crippen molar-refractivity contribution in [2.75, 3.05) is 13.7 Å². The first kappa shape index (κ1) is 13.4. The molecule has 1 N–H and O–H groups in total. The van der Waals surface area contributed by atoms with Gasteiger partial charge in [-0.05, 0) is 19.1 Å². The molecule has 0 aliphatic rings. The summed E-state index contributed by atoms with van der Waals surface area (Å²) in [4.78, 5) is 3.80. The molecule has 0 radical (unpaired) electrons. The van der Waals surface area contributed by atoms with Crippen molar-refractivity contribution < 1.29 is 13.2 Å². The number of sulfonamides is 1. The largest absolute Gasteiger partial charge is 0.383 e. The highest BCUT2D eigenvalue weighted by atomic mass is 35.5. The van der Waals surface area contributed by atoms with E-state index in [2.05, 4.69) is 9.71 Å². The molecule has 1 atom stereocenters. The van der Waals surface area contributed by atoms with Gasteiger partial charge in [-0.25, -0.2) is 18.1 Å². The van der Waals surface area contributed by atoms with Crippen molar-refractivity contribution >= 4 is 21.6 Å². The van der Waals surface area contributed by atoms with Crippen LogP contribution < -0.4 is 4.72 Å². The van der Waals surface area contributed by atoms with Crippen LogP contribution in [0.15, 0.2) is 23.2 Å². The molecule has 0 spiro atoms. The highest BCUT2D eigenvalue weighted by Gasteiger charge is 2.17. The summed E-state index contributed by atoms with van der Waals surface area (Å²) in [6, 6.07) is 2.53. The molecular formula is C9H13ClN2O3S. The Hall–Kier alpha value is -0.690.